The highest BCUT2D eigenvalue weighted by Gasteiger charge is 2.33. The lowest BCUT2D eigenvalue weighted by molar-refractivity contribution is 0.406. The van der Waals surface area contributed by atoms with Crippen molar-refractivity contribution in [1.82, 2.24) is 19.4 Å². The number of nitrogens with zero attached hydrogens (tertiary/aromatic N) is 2. The molecule has 8 nitrogen and oxygen atoms in total. The highest BCUT2D eigenvalue weighted by molar-refractivity contribution is 5.86. The van der Waals surface area contributed by atoms with E-state index in [1.807, 2.05) is 56.3 Å². The molecule has 2 aromatic heterocycles. The van der Waals surface area contributed by atoms with Crippen molar-refractivity contribution in [1.29, 1.82) is 0 Å². The maximum absolute atomic E-state index is 14.1. The van der Waals surface area contributed by atoms with E-state index < -0.39 is 17.3 Å². The zero-order valence-corrected chi connectivity index (χ0v) is 21.4. The maximum atomic E-state index is 14.1. The minimum absolute atomic E-state index is 0.102. The molecule has 38 heavy (non-hydrogen) atoms. The minimum Gasteiger partial charge on any atom is -0.497 e. The third kappa shape index (κ3) is 3.72. The van der Waals surface area contributed by atoms with Gasteiger partial charge < -0.3 is 20.1 Å². The van der Waals surface area contributed by atoms with Crippen LogP contribution in [0.1, 0.15) is 34.0 Å². The quantitative estimate of drug-likeness (QED) is 0.340. The van der Waals surface area contributed by atoms with Gasteiger partial charge in [-0.25, -0.2) is 13.9 Å². The van der Waals surface area contributed by atoms with Gasteiger partial charge in [0.2, 0.25) is 5.88 Å². The molecular formula is C30H28N4O4. The molecule has 1 aliphatic rings. The normalized spacial score (nSPS) is 15.0. The number of H-pyrrole nitrogens is 1. The van der Waals surface area contributed by atoms with Crippen LogP contribution in [-0.2, 0) is 6.42 Å². The van der Waals surface area contributed by atoms with E-state index in [1.165, 1.54) is 4.57 Å². The second-order valence-corrected chi connectivity index (χ2v) is 9.73. The Morgan fingerprint density at radius 2 is 1.53 bits per heavy atom. The van der Waals surface area contributed by atoms with Crippen LogP contribution in [0.3, 0.4) is 0 Å². The van der Waals surface area contributed by atoms with Gasteiger partial charge in [0, 0.05) is 23.1 Å². The molecule has 8 heteroatoms. The molecule has 1 aliphatic heterocycles. The van der Waals surface area contributed by atoms with Gasteiger partial charge in [-0.05, 0) is 68.3 Å². The Balaban J connectivity index is 1.65. The molecule has 0 radical (unpaired) electrons. The van der Waals surface area contributed by atoms with Crippen LogP contribution < -0.4 is 21.3 Å². The van der Waals surface area contributed by atoms with E-state index in [4.69, 9.17) is 4.74 Å². The van der Waals surface area contributed by atoms with Gasteiger partial charge in [0.15, 0.2) is 0 Å². The number of methoxy groups -OCH3 is 1. The second-order valence-electron chi connectivity index (χ2n) is 9.73. The number of rotatable bonds is 4. The maximum Gasteiger partial charge on any atom is 0.343 e. The Hall–Kier alpha value is -4.56. The van der Waals surface area contributed by atoms with Crippen molar-refractivity contribution in [3.8, 4) is 23.0 Å². The fourth-order valence-electron chi connectivity index (χ4n) is 5.30. The van der Waals surface area contributed by atoms with Crippen LogP contribution in [0.4, 0.5) is 0 Å². The summed E-state index contributed by atoms with van der Waals surface area (Å²) in [6.45, 7) is 4.48. The first-order chi connectivity index (χ1) is 18.4. The van der Waals surface area contributed by atoms with Crippen molar-refractivity contribution in [2.45, 2.75) is 26.3 Å². The molecule has 0 unspecified atom stereocenters. The van der Waals surface area contributed by atoms with E-state index in [0.29, 0.717) is 17.9 Å². The van der Waals surface area contributed by atoms with E-state index in [9.17, 15) is 14.7 Å². The van der Waals surface area contributed by atoms with Crippen LogP contribution in [-0.4, -0.2) is 32.9 Å². The van der Waals surface area contributed by atoms with Crippen molar-refractivity contribution in [2.24, 2.45) is 0 Å². The average Bonchev–Trinajstić information content (AvgIpc) is 3.29. The van der Waals surface area contributed by atoms with Gasteiger partial charge in [-0.15, -0.1) is 0 Å². The predicted molar refractivity (Wildman–Crippen MR) is 147 cm³/mol. The summed E-state index contributed by atoms with van der Waals surface area (Å²) in [5.74, 6) is 0.362. The largest absolute Gasteiger partial charge is 0.497 e. The Labute approximate surface area is 218 Å². The van der Waals surface area contributed by atoms with E-state index in [2.05, 4.69) is 10.3 Å². The third-order valence-corrected chi connectivity index (χ3v) is 7.30. The number of hydrogen-bond acceptors (Lipinski definition) is 5. The van der Waals surface area contributed by atoms with Gasteiger partial charge in [0.05, 0.1) is 24.5 Å². The lowest BCUT2D eigenvalue weighted by atomic mass is 9.95. The summed E-state index contributed by atoms with van der Waals surface area (Å²) in [7, 11) is 1.63. The fourth-order valence-corrected chi connectivity index (χ4v) is 5.30. The molecule has 0 saturated heterocycles. The number of aromatic nitrogens is 3. The van der Waals surface area contributed by atoms with Crippen LogP contribution in [0.25, 0.3) is 22.3 Å². The first-order valence-electron chi connectivity index (χ1n) is 12.5. The zero-order chi connectivity index (χ0) is 26.6. The van der Waals surface area contributed by atoms with Crippen LogP contribution in [0, 0.1) is 13.8 Å². The molecule has 0 saturated carbocycles. The Morgan fingerprint density at radius 3 is 2.16 bits per heavy atom. The molecule has 0 spiro atoms. The van der Waals surface area contributed by atoms with E-state index >= 15 is 0 Å². The average molecular weight is 509 g/mol. The SMILES string of the molecule is COc1ccc2[nH]c3c(c2c1)CCN[C@@H]3c1c(O)n(-c2ccc(C)cc2)c(=O)n(-c2ccc(C)cc2)c1=O. The lowest BCUT2D eigenvalue weighted by Gasteiger charge is -2.26. The molecule has 0 fully saturated rings. The number of nitrogens with one attached hydrogen (secondary N) is 2. The molecule has 3 aromatic carbocycles. The lowest BCUT2D eigenvalue weighted by Crippen LogP contribution is -2.43. The summed E-state index contributed by atoms with van der Waals surface area (Å²) < 4.78 is 7.77. The summed E-state index contributed by atoms with van der Waals surface area (Å²) in [4.78, 5) is 31.3. The van der Waals surface area contributed by atoms with Crippen LogP contribution >= 0.6 is 0 Å². The third-order valence-electron chi connectivity index (χ3n) is 7.30. The summed E-state index contributed by atoms with van der Waals surface area (Å²) in [5.41, 5.74) is 4.57. The highest BCUT2D eigenvalue weighted by atomic mass is 16.5. The first-order valence-corrected chi connectivity index (χ1v) is 12.5. The highest BCUT2D eigenvalue weighted by Crippen LogP contribution is 2.36. The number of fused-ring (bicyclic) bond motifs is 3. The predicted octanol–water partition coefficient (Wildman–Crippen LogP) is 4.04. The van der Waals surface area contributed by atoms with E-state index in [1.54, 1.807) is 31.4 Å². The number of hydrogen-bond donors (Lipinski definition) is 3. The zero-order valence-electron chi connectivity index (χ0n) is 21.4. The summed E-state index contributed by atoms with van der Waals surface area (Å²) >= 11 is 0. The molecule has 192 valence electrons. The van der Waals surface area contributed by atoms with Crippen molar-refractivity contribution in [2.75, 3.05) is 13.7 Å². The summed E-state index contributed by atoms with van der Waals surface area (Å²) in [6.07, 6.45) is 0.740. The molecule has 1 atom stereocenters. The number of aryl methyl sites for hydroxylation is 2. The molecule has 6 rings (SSSR count). The van der Waals surface area contributed by atoms with Crippen LogP contribution in [0.15, 0.2) is 76.3 Å². The number of aromatic hydroxyl groups is 1. The number of benzene rings is 3. The van der Waals surface area contributed by atoms with Crippen molar-refractivity contribution >= 4 is 10.9 Å². The molecule has 0 aliphatic carbocycles. The second kappa shape index (κ2) is 9.08. The summed E-state index contributed by atoms with van der Waals surface area (Å²) in [5, 5.41) is 16.0. The number of ether oxygens (including phenoxy) is 1. The molecule has 5 aromatic rings. The van der Waals surface area contributed by atoms with Gasteiger partial charge in [0.25, 0.3) is 5.56 Å². The smallest absolute Gasteiger partial charge is 0.343 e. The molecule has 0 amide bonds. The Morgan fingerprint density at radius 1 is 0.895 bits per heavy atom. The Kier molecular flexibility index (Phi) is 5.69. The topological polar surface area (TPSA) is 101 Å². The van der Waals surface area contributed by atoms with Gasteiger partial charge in [-0.3, -0.25) is 4.79 Å². The van der Waals surface area contributed by atoms with E-state index in [-0.39, 0.29) is 11.4 Å². The van der Waals surface area contributed by atoms with Gasteiger partial charge in [-0.1, -0.05) is 35.4 Å². The first kappa shape index (κ1) is 23.8. The standard InChI is InChI=1S/C30H28N4O4/c1-17-4-8-19(9-5-17)33-28(35)25(29(36)34(30(33)37)20-10-6-18(2)7-11-20)27-26-22(14-15-31-27)23-16-21(38-3)12-13-24(23)32-26/h4-13,16,27,31-32,35H,14-15H2,1-3H3/t27-/m1/s1. The van der Waals surface area contributed by atoms with E-state index in [0.717, 1.165) is 50.0 Å². The molecule has 3 N–H and O–H groups in total. The number of aromatic amines is 1. The monoisotopic (exact) mass is 508 g/mol. The van der Waals surface area contributed by atoms with Crippen LogP contribution in [0.5, 0.6) is 11.6 Å². The summed E-state index contributed by atoms with van der Waals surface area (Å²) in [6, 6.07) is 19.6. The fraction of sp³-hybridized carbons (Fsp3) is 0.200. The van der Waals surface area contributed by atoms with Gasteiger partial charge >= 0.3 is 5.69 Å². The molecule has 0 bridgehead atoms. The van der Waals surface area contributed by atoms with Crippen molar-refractivity contribution in [3.05, 3.63) is 116 Å². The van der Waals surface area contributed by atoms with Crippen LogP contribution in [0.2, 0.25) is 0 Å². The molecular weight excluding hydrogens is 480 g/mol. The Bertz CT molecular complexity index is 1790. The van der Waals surface area contributed by atoms with Gasteiger partial charge in [0.1, 0.15) is 11.3 Å². The van der Waals surface area contributed by atoms with Crippen molar-refractivity contribution < 1.29 is 9.84 Å². The molecule has 3 heterocycles. The minimum atomic E-state index is -0.654. The van der Waals surface area contributed by atoms with Crippen molar-refractivity contribution in [3.63, 3.8) is 0 Å². The van der Waals surface area contributed by atoms with Gasteiger partial charge in [-0.2, -0.15) is 0 Å².